The second kappa shape index (κ2) is 8.12. The highest BCUT2D eigenvalue weighted by Crippen LogP contribution is 2.27. The van der Waals surface area contributed by atoms with Crippen LogP contribution in [-0.2, 0) is 13.2 Å². The van der Waals surface area contributed by atoms with Gasteiger partial charge in [0.05, 0.1) is 0 Å². The summed E-state index contributed by atoms with van der Waals surface area (Å²) in [6.45, 7) is 4.27. The second-order valence-corrected chi connectivity index (χ2v) is 5.78. The molecule has 0 saturated carbocycles. The molecule has 2 N–H and O–H groups in total. The topological polar surface area (TPSA) is 58.9 Å². The lowest BCUT2D eigenvalue weighted by Crippen LogP contribution is -1.99. The summed E-state index contributed by atoms with van der Waals surface area (Å²) in [7, 11) is 0. The van der Waals surface area contributed by atoms with Crippen LogP contribution in [0.15, 0.2) is 73.3 Å². The van der Waals surface area contributed by atoms with Crippen molar-refractivity contribution in [1.82, 2.24) is 0 Å². The third-order valence-corrected chi connectivity index (χ3v) is 3.91. The summed E-state index contributed by atoms with van der Waals surface area (Å²) in [4.78, 5) is 0. The van der Waals surface area contributed by atoms with Gasteiger partial charge < -0.3 is 19.7 Å². The Morgan fingerprint density at radius 3 is 1.62 bits per heavy atom. The van der Waals surface area contributed by atoms with Gasteiger partial charge in [-0.25, -0.2) is 0 Å². The molecule has 4 nitrogen and oxygen atoms in total. The minimum absolute atomic E-state index is 0.198. The quantitative estimate of drug-likeness (QED) is 0.638. The first-order valence-electron chi connectivity index (χ1n) is 8.22. The van der Waals surface area contributed by atoms with Gasteiger partial charge in [0.2, 0.25) is 0 Å². The molecule has 132 valence electrons. The van der Waals surface area contributed by atoms with Crippen LogP contribution in [0, 0.1) is 0 Å². The minimum atomic E-state index is 0.198. The van der Waals surface area contributed by atoms with Crippen LogP contribution in [0.5, 0.6) is 23.0 Å². The molecule has 0 amide bonds. The maximum Gasteiger partial charge on any atom is 0.124 e. The molecule has 0 bridgehead atoms. The first-order chi connectivity index (χ1) is 12.7. The van der Waals surface area contributed by atoms with Crippen molar-refractivity contribution in [3.05, 3.63) is 90.0 Å². The van der Waals surface area contributed by atoms with Crippen LogP contribution in [0.3, 0.4) is 0 Å². The monoisotopic (exact) mass is 348 g/mol. The van der Waals surface area contributed by atoms with Crippen LogP contribution in [0.2, 0.25) is 0 Å². The van der Waals surface area contributed by atoms with E-state index in [1.165, 1.54) is 0 Å². The summed E-state index contributed by atoms with van der Waals surface area (Å²) in [5.41, 5.74) is 2.26. The number of hydrogen-bond donors (Lipinski definition) is 2. The minimum Gasteiger partial charge on any atom is -0.508 e. The third-order valence-electron chi connectivity index (χ3n) is 3.91. The zero-order chi connectivity index (χ0) is 18.4. The van der Waals surface area contributed by atoms with E-state index in [2.05, 4.69) is 6.58 Å². The van der Waals surface area contributed by atoms with E-state index < -0.39 is 0 Å². The molecule has 0 spiro atoms. The lowest BCUT2D eigenvalue weighted by atomic mass is 10.2. The lowest BCUT2D eigenvalue weighted by Gasteiger charge is -2.12. The van der Waals surface area contributed by atoms with Crippen molar-refractivity contribution < 1.29 is 19.7 Å². The lowest BCUT2D eigenvalue weighted by molar-refractivity contribution is 0.284. The highest BCUT2D eigenvalue weighted by atomic mass is 16.5. The van der Waals surface area contributed by atoms with Crippen LogP contribution in [0.1, 0.15) is 16.7 Å². The number of phenolic OH excluding ortho intramolecular Hbond substituents is 2. The molecule has 0 radical (unpaired) electrons. The number of ether oxygens (including phenoxy) is 2. The number of benzene rings is 3. The van der Waals surface area contributed by atoms with Crippen LogP contribution >= 0.6 is 0 Å². The predicted octanol–water partition coefficient (Wildman–Crippen LogP) is 4.90. The van der Waals surface area contributed by atoms with Gasteiger partial charge in [-0.2, -0.15) is 0 Å². The molecule has 0 aliphatic carbocycles. The first kappa shape index (κ1) is 17.4. The highest BCUT2D eigenvalue weighted by Gasteiger charge is 2.06. The zero-order valence-corrected chi connectivity index (χ0v) is 14.3. The van der Waals surface area contributed by atoms with Crippen molar-refractivity contribution >= 4 is 6.08 Å². The van der Waals surface area contributed by atoms with E-state index in [4.69, 9.17) is 9.47 Å². The van der Waals surface area contributed by atoms with Gasteiger partial charge in [0.1, 0.15) is 36.2 Å². The average molecular weight is 348 g/mol. The van der Waals surface area contributed by atoms with E-state index in [1.54, 1.807) is 36.4 Å². The summed E-state index contributed by atoms with van der Waals surface area (Å²) in [5, 5.41) is 19.7. The largest absolute Gasteiger partial charge is 0.508 e. The average Bonchev–Trinajstić information content (AvgIpc) is 2.66. The first-order valence-corrected chi connectivity index (χ1v) is 8.22. The van der Waals surface area contributed by atoms with Crippen molar-refractivity contribution in [2.75, 3.05) is 0 Å². The van der Waals surface area contributed by atoms with Crippen molar-refractivity contribution in [2.24, 2.45) is 0 Å². The van der Waals surface area contributed by atoms with Crippen LogP contribution in [0.4, 0.5) is 0 Å². The highest BCUT2D eigenvalue weighted by molar-refractivity contribution is 5.53. The van der Waals surface area contributed by atoms with Gasteiger partial charge in [-0.3, -0.25) is 0 Å². The number of phenols is 2. The van der Waals surface area contributed by atoms with E-state index in [0.717, 1.165) is 5.56 Å². The molecule has 0 aromatic heterocycles. The Kier molecular flexibility index (Phi) is 5.44. The number of rotatable bonds is 7. The van der Waals surface area contributed by atoms with Crippen LogP contribution in [-0.4, -0.2) is 10.2 Å². The van der Waals surface area contributed by atoms with Gasteiger partial charge in [0.15, 0.2) is 0 Å². The Balaban J connectivity index is 1.73. The number of hydrogen-bond acceptors (Lipinski definition) is 4. The Bertz CT molecular complexity index is 834. The Labute approximate surface area is 152 Å². The molecular weight excluding hydrogens is 328 g/mol. The summed E-state index contributed by atoms with van der Waals surface area (Å²) in [6, 6.07) is 19.6. The molecule has 0 aliphatic rings. The molecule has 0 unspecified atom stereocenters. The summed E-state index contributed by atoms with van der Waals surface area (Å²) in [6.07, 6.45) is 1.71. The van der Waals surface area contributed by atoms with Crippen LogP contribution in [0.25, 0.3) is 6.08 Å². The Hall–Kier alpha value is -3.40. The molecular formula is C22H20O4. The van der Waals surface area contributed by atoms with E-state index in [1.807, 2.05) is 36.4 Å². The smallest absolute Gasteiger partial charge is 0.124 e. The van der Waals surface area contributed by atoms with Crippen LogP contribution < -0.4 is 9.47 Å². The van der Waals surface area contributed by atoms with Crippen molar-refractivity contribution in [1.29, 1.82) is 0 Å². The van der Waals surface area contributed by atoms with Crippen molar-refractivity contribution in [3.63, 3.8) is 0 Å². The fourth-order valence-corrected chi connectivity index (χ4v) is 2.47. The molecule has 0 aliphatic heterocycles. The SMILES string of the molecule is C=Cc1cc(OCc2ccccc2O)cc(OCc2ccccc2O)c1. The third kappa shape index (κ3) is 4.36. The Morgan fingerprint density at radius 1 is 0.731 bits per heavy atom. The van der Waals surface area contributed by atoms with E-state index in [-0.39, 0.29) is 24.7 Å². The molecule has 3 rings (SSSR count). The normalized spacial score (nSPS) is 10.3. The van der Waals surface area contributed by atoms with E-state index >= 15 is 0 Å². The van der Waals surface area contributed by atoms with Gasteiger partial charge in [-0.1, -0.05) is 49.1 Å². The van der Waals surface area contributed by atoms with E-state index in [0.29, 0.717) is 22.6 Å². The van der Waals surface area contributed by atoms with Crippen molar-refractivity contribution in [2.45, 2.75) is 13.2 Å². The maximum absolute atomic E-state index is 9.84. The molecule has 26 heavy (non-hydrogen) atoms. The summed E-state index contributed by atoms with van der Waals surface area (Å²) < 4.78 is 11.6. The molecule has 0 fully saturated rings. The van der Waals surface area contributed by atoms with Gasteiger partial charge in [-0.05, 0) is 29.8 Å². The Morgan fingerprint density at radius 2 is 1.19 bits per heavy atom. The number of aromatic hydroxyl groups is 2. The molecule has 3 aromatic carbocycles. The zero-order valence-electron chi connectivity index (χ0n) is 14.3. The van der Waals surface area contributed by atoms with Crippen molar-refractivity contribution in [3.8, 4) is 23.0 Å². The van der Waals surface area contributed by atoms with Gasteiger partial charge in [0, 0.05) is 17.2 Å². The predicted molar refractivity (Wildman–Crippen MR) is 101 cm³/mol. The molecule has 0 heterocycles. The van der Waals surface area contributed by atoms with Gasteiger partial charge in [-0.15, -0.1) is 0 Å². The summed E-state index contributed by atoms with van der Waals surface area (Å²) in [5.74, 6) is 1.61. The van der Waals surface area contributed by atoms with Gasteiger partial charge in [0.25, 0.3) is 0 Å². The fourth-order valence-electron chi connectivity index (χ4n) is 2.47. The summed E-state index contributed by atoms with van der Waals surface area (Å²) >= 11 is 0. The van der Waals surface area contributed by atoms with E-state index in [9.17, 15) is 10.2 Å². The second-order valence-electron chi connectivity index (χ2n) is 5.78. The molecule has 0 saturated heterocycles. The molecule has 3 aromatic rings. The standard InChI is InChI=1S/C22H20O4/c1-2-16-11-19(25-14-17-7-3-5-9-21(17)23)13-20(12-16)26-15-18-8-4-6-10-22(18)24/h2-13,23-24H,1,14-15H2. The molecule has 4 heteroatoms. The molecule has 0 atom stereocenters. The maximum atomic E-state index is 9.84. The fraction of sp³-hybridized carbons (Fsp3) is 0.0909. The van der Waals surface area contributed by atoms with Gasteiger partial charge >= 0.3 is 0 Å². The number of para-hydroxylation sites is 2.